The maximum absolute atomic E-state index is 12.7. The van der Waals surface area contributed by atoms with E-state index in [1.807, 2.05) is 24.3 Å². The van der Waals surface area contributed by atoms with Crippen molar-refractivity contribution in [3.05, 3.63) is 36.0 Å². The van der Waals surface area contributed by atoms with E-state index in [2.05, 4.69) is 22.7 Å². The molecule has 0 saturated carbocycles. The second kappa shape index (κ2) is 7.23. The minimum absolute atomic E-state index is 0.159. The van der Waals surface area contributed by atoms with E-state index < -0.39 is 5.97 Å². The standard InChI is InChI=1S/C20H26N4O3/c1-3-27-19(25)18-10-13-6-4-5-7-17(13)24(18)22-20(26)21-14-11-15-8-9-16(12-14)23(15)2/h4-7,10,14-16H,3,8-9,11-12H2,1-2H3,(H2,21,22,26). The summed E-state index contributed by atoms with van der Waals surface area (Å²) in [5.74, 6) is -0.452. The number of carbonyl (C=O) groups is 2. The number of rotatable bonds is 4. The highest BCUT2D eigenvalue weighted by Gasteiger charge is 2.38. The third-order valence-corrected chi connectivity index (χ3v) is 5.84. The van der Waals surface area contributed by atoms with Crippen LogP contribution in [0.4, 0.5) is 4.79 Å². The molecule has 2 aliphatic heterocycles. The number of benzene rings is 1. The van der Waals surface area contributed by atoms with Gasteiger partial charge in [0.1, 0.15) is 5.69 Å². The van der Waals surface area contributed by atoms with Gasteiger partial charge in [0.25, 0.3) is 0 Å². The molecule has 1 aromatic carbocycles. The van der Waals surface area contributed by atoms with Gasteiger partial charge in [-0.25, -0.2) is 19.7 Å². The van der Waals surface area contributed by atoms with Crippen LogP contribution in [0.15, 0.2) is 30.3 Å². The summed E-state index contributed by atoms with van der Waals surface area (Å²) in [6.45, 7) is 2.05. The molecule has 2 saturated heterocycles. The number of ether oxygens (including phenoxy) is 1. The summed E-state index contributed by atoms with van der Waals surface area (Å²) in [6.07, 6.45) is 4.35. The molecule has 27 heavy (non-hydrogen) atoms. The van der Waals surface area contributed by atoms with Gasteiger partial charge in [-0.1, -0.05) is 18.2 Å². The Bertz CT molecular complexity index is 848. The van der Waals surface area contributed by atoms with E-state index in [0.29, 0.717) is 17.8 Å². The molecule has 2 aromatic rings. The molecule has 1 aromatic heterocycles. The van der Waals surface area contributed by atoms with Gasteiger partial charge in [0, 0.05) is 23.5 Å². The lowest BCUT2D eigenvalue weighted by molar-refractivity contribution is 0.0516. The molecule has 2 fully saturated rings. The van der Waals surface area contributed by atoms with Crippen molar-refractivity contribution in [1.82, 2.24) is 14.9 Å². The van der Waals surface area contributed by atoms with E-state index >= 15 is 0 Å². The van der Waals surface area contributed by atoms with Crippen molar-refractivity contribution in [2.45, 2.75) is 50.7 Å². The summed E-state index contributed by atoms with van der Waals surface area (Å²) in [5.41, 5.74) is 3.91. The van der Waals surface area contributed by atoms with E-state index in [0.717, 1.165) is 23.7 Å². The van der Waals surface area contributed by atoms with E-state index in [1.165, 1.54) is 17.5 Å². The maximum Gasteiger partial charge on any atom is 0.356 e. The molecule has 7 heteroatoms. The Labute approximate surface area is 158 Å². The van der Waals surface area contributed by atoms with Crippen LogP contribution in [0.2, 0.25) is 0 Å². The predicted octanol–water partition coefficient (Wildman–Crippen LogP) is 2.70. The van der Waals surface area contributed by atoms with Crippen molar-refractivity contribution in [1.29, 1.82) is 0 Å². The van der Waals surface area contributed by atoms with Gasteiger partial charge in [0.2, 0.25) is 0 Å². The minimum atomic E-state index is -0.452. The van der Waals surface area contributed by atoms with E-state index in [-0.39, 0.29) is 18.7 Å². The average Bonchev–Trinajstić information content (AvgIpc) is 3.08. The van der Waals surface area contributed by atoms with Crippen LogP contribution in [-0.4, -0.2) is 53.4 Å². The Morgan fingerprint density at radius 2 is 1.89 bits per heavy atom. The van der Waals surface area contributed by atoms with Gasteiger partial charge < -0.3 is 15.0 Å². The lowest BCUT2D eigenvalue weighted by atomic mass is 9.98. The van der Waals surface area contributed by atoms with Gasteiger partial charge in [-0.15, -0.1) is 0 Å². The molecule has 2 bridgehead atoms. The van der Waals surface area contributed by atoms with Gasteiger partial charge in [-0.05, 0) is 51.8 Å². The van der Waals surface area contributed by atoms with Crippen molar-refractivity contribution < 1.29 is 14.3 Å². The van der Waals surface area contributed by atoms with Crippen molar-refractivity contribution in [3.63, 3.8) is 0 Å². The Morgan fingerprint density at radius 1 is 1.19 bits per heavy atom. The second-order valence-electron chi connectivity index (χ2n) is 7.45. The van der Waals surface area contributed by atoms with E-state index in [9.17, 15) is 9.59 Å². The van der Waals surface area contributed by atoms with Crippen LogP contribution in [0.25, 0.3) is 10.9 Å². The van der Waals surface area contributed by atoms with Crippen molar-refractivity contribution in [2.75, 3.05) is 19.1 Å². The Morgan fingerprint density at radius 3 is 2.59 bits per heavy atom. The molecule has 3 heterocycles. The molecule has 2 N–H and O–H groups in total. The lowest BCUT2D eigenvalue weighted by Crippen LogP contribution is -2.50. The zero-order chi connectivity index (χ0) is 19.0. The minimum Gasteiger partial charge on any atom is -0.461 e. The molecule has 0 spiro atoms. The number of carbonyl (C=O) groups excluding carboxylic acids is 2. The zero-order valence-electron chi connectivity index (χ0n) is 15.8. The van der Waals surface area contributed by atoms with Gasteiger partial charge in [0.15, 0.2) is 0 Å². The number of urea groups is 1. The van der Waals surface area contributed by atoms with Crippen LogP contribution in [0, 0.1) is 0 Å². The van der Waals surface area contributed by atoms with Crippen molar-refractivity contribution >= 4 is 22.9 Å². The maximum atomic E-state index is 12.7. The molecule has 2 aliphatic rings. The number of aromatic nitrogens is 1. The van der Waals surface area contributed by atoms with Crippen LogP contribution in [0.3, 0.4) is 0 Å². The zero-order valence-corrected chi connectivity index (χ0v) is 15.8. The normalized spacial score (nSPS) is 24.7. The largest absolute Gasteiger partial charge is 0.461 e. The van der Waals surface area contributed by atoms with Crippen LogP contribution in [0.5, 0.6) is 0 Å². The van der Waals surface area contributed by atoms with Crippen molar-refractivity contribution in [2.24, 2.45) is 0 Å². The average molecular weight is 370 g/mol. The van der Waals surface area contributed by atoms with Gasteiger partial charge in [-0.2, -0.15) is 0 Å². The smallest absolute Gasteiger partial charge is 0.356 e. The van der Waals surface area contributed by atoms with Crippen LogP contribution >= 0.6 is 0 Å². The monoisotopic (exact) mass is 370 g/mol. The second-order valence-corrected chi connectivity index (χ2v) is 7.45. The first-order valence-electron chi connectivity index (χ1n) is 9.64. The fourth-order valence-corrected chi connectivity index (χ4v) is 4.48. The Balaban J connectivity index is 1.51. The van der Waals surface area contributed by atoms with Crippen molar-refractivity contribution in [3.8, 4) is 0 Å². The number of nitrogens with zero attached hydrogens (tertiary/aromatic N) is 2. The van der Waals surface area contributed by atoms with Gasteiger partial charge >= 0.3 is 12.0 Å². The van der Waals surface area contributed by atoms with Crippen LogP contribution in [-0.2, 0) is 4.74 Å². The number of para-hydroxylation sites is 1. The highest BCUT2D eigenvalue weighted by molar-refractivity contribution is 5.97. The number of piperidine rings is 1. The SMILES string of the molecule is CCOC(=O)c1cc2ccccc2n1NC(=O)NC1CC2CCC(C1)N2C. The Kier molecular flexibility index (Phi) is 4.78. The molecule has 4 rings (SSSR count). The summed E-state index contributed by atoms with van der Waals surface area (Å²) in [7, 11) is 2.18. The molecular formula is C20H26N4O3. The van der Waals surface area contributed by atoms with Gasteiger partial charge in [0.05, 0.1) is 12.1 Å². The summed E-state index contributed by atoms with van der Waals surface area (Å²) in [5, 5.41) is 3.97. The fraction of sp³-hybridized carbons (Fsp3) is 0.500. The quantitative estimate of drug-likeness (QED) is 0.812. The van der Waals surface area contributed by atoms with Gasteiger partial charge in [-0.3, -0.25) is 0 Å². The number of hydrogen-bond acceptors (Lipinski definition) is 4. The first kappa shape index (κ1) is 17.9. The number of esters is 1. The number of amides is 2. The molecule has 144 valence electrons. The molecule has 0 aliphatic carbocycles. The van der Waals surface area contributed by atoms with Crippen LogP contribution < -0.4 is 10.7 Å². The molecule has 2 atom stereocenters. The lowest BCUT2D eigenvalue weighted by Gasteiger charge is -2.36. The molecule has 7 nitrogen and oxygen atoms in total. The Hall–Kier alpha value is -2.54. The highest BCUT2D eigenvalue weighted by atomic mass is 16.5. The summed E-state index contributed by atoms with van der Waals surface area (Å²) >= 11 is 0. The third-order valence-electron chi connectivity index (χ3n) is 5.84. The topological polar surface area (TPSA) is 75.6 Å². The first-order chi connectivity index (χ1) is 13.1. The first-order valence-corrected chi connectivity index (χ1v) is 9.64. The number of hydrogen-bond donors (Lipinski definition) is 2. The molecule has 2 unspecified atom stereocenters. The highest BCUT2D eigenvalue weighted by Crippen LogP contribution is 2.34. The fourth-order valence-electron chi connectivity index (χ4n) is 4.48. The number of fused-ring (bicyclic) bond motifs is 3. The predicted molar refractivity (Wildman–Crippen MR) is 103 cm³/mol. The summed E-state index contributed by atoms with van der Waals surface area (Å²) < 4.78 is 6.66. The third kappa shape index (κ3) is 3.39. The molecule has 0 radical (unpaired) electrons. The summed E-state index contributed by atoms with van der Waals surface area (Å²) in [6, 6.07) is 10.3. The van der Waals surface area contributed by atoms with E-state index in [1.54, 1.807) is 13.0 Å². The summed E-state index contributed by atoms with van der Waals surface area (Å²) in [4.78, 5) is 27.4. The van der Waals surface area contributed by atoms with Crippen LogP contribution in [0.1, 0.15) is 43.1 Å². The molecule has 2 amide bonds. The number of nitrogens with one attached hydrogen (secondary N) is 2. The molecular weight excluding hydrogens is 344 g/mol. The van der Waals surface area contributed by atoms with E-state index in [4.69, 9.17) is 4.74 Å².